The number of hydrogen-bond acceptors (Lipinski definition) is 5. The van der Waals surface area contributed by atoms with Crippen molar-refractivity contribution in [2.45, 2.75) is 25.8 Å². The van der Waals surface area contributed by atoms with E-state index in [-0.39, 0.29) is 0 Å². The molecule has 5 nitrogen and oxygen atoms in total. The maximum absolute atomic E-state index is 12.5. The highest BCUT2D eigenvalue weighted by Crippen LogP contribution is 2.42. The van der Waals surface area contributed by atoms with Crippen LogP contribution in [0.1, 0.15) is 24.2 Å². The van der Waals surface area contributed by atoms with Gasteiger partial charge in [0, 0.05) is 5.56 Å². The molecule has 0 spiro atoms. The van der Waals surface area contributed by atoms with E-state index in [0.29, 0.717) is 5.56 Å². The number of aliphatic hydroxyl groups excluding tert-OH is 1. The average Bonchev–Trinajstić information content (AvgIpc) is 2.45. The van der Waals surface area contributed by atoms with E-state index in [4.69, 9.17) is 0 Å². The Morgan fingerprint density at radius 2 is 1.82 bits per heavy atom. The number of benzene rings is 1. The summed E-state index contributed by atoms with van der Waals surface area (Å²) in [4.78, 5) is 24.7. The normalized spacial score (nSPS) is 24.9. The summed E-state index contributed by atoms with van der Waals surface area (Å²) >= 11 is 0. The molecule has 3 atom stereocenters. The highest BCUT2D eigenvalue weighted by molar-refractivity contribution is 6.50. The van der Waals surface area contributed by atoms with Gasteiger partial charge in [-0.1, -0.05) is 56.3 Å². The fraction of sp³-hybridized carbons (Fsp3) is 0.375. The molecule has 6 heteroatoms. The van der Waals surface area contributed by atoms with Crippen molar-refractivity contribution in [3.05, 3.63) is 48.0 Å². The molecule has 0 radical (unpaired) electrons. The first-order valence-corrected chi connectivity index (χ1v) is 7.12. The lowest BCUT2D eigenvalue weighted by atomic mass is 9.53. The molecule has 3 unspecified atom stereocenters. The summed E-state index contributed by atoms with van der Waals surface area (Å²) in [7, 11) is -1.84. The SMILES string of the molecule is CC1(C)C=CC(C(O)C(=O)c2ccccc2)C(=O)C1B(O)O. The maximum Gasteiger partial charge on any atom is 0.463 e. The number of carbonyl (C=O) groups is 2. The van der Waals surface area contributed by atoms with Crippen LogP contribution in [0.25, 0.3) is 0 Å². The van der Waals surface area contributed by atoms with Crippen LogP contribution in [0.5, 0.6) is 0 Å². The molecule has 0 aliphatic heterocycles. The first-order valence-electron chi connectivity index (χ1n) is 7.12. The molecule has 22 heavy (non-hydrogen) atoms. The van der Waals surface area contributed by atoms with E-state index in [1.54, 1.807) is 50.3 Å². The van der Waals surface area contributed by atoms with Gasteiger partial charge in [0.05, 0.1) is 11.7 Å². The second-order valence-corrected chi connectivity index (χ2v) is 6.18. The lowest BCUT2D eigenvalue weighted by molar-refractivity contribution is -0.126. The Morgan fingerprint density at radius 1 is 1.23 bits per heavy atom. The predicted octanol–water partition coefficient (Wildman–Crippen LogP) is 0.854. The van der Waals surface area contributed by atoms with Gasteiger partial charge in [-0.3, -0.25) is 9.59 Å². The van der Waals surface area contributed by atoms with Crippen LogP contribution in [0.3, 0.4) is 0 Å². The number of aliphatic hydroxyl groups is 1. The van der Waals surface area contributed by atoms with Gasteiger partial charge in [0.2, 0.25) is 0 Å². The minimum absolute atomic E-state index is 0.308. The van der Waals surface area contributed by atoms with E-state index in [1.807, 2.05) is 0 Å². The lowest BCUT2D eigenvalue weighted by Crippen LogP contribution is -2.46. The molecule has 1 aromatic rings. The summed E-state index contributed by atoms with van der Waals surface area (Å²) in [6, 6.07) is 8.20. The highest BCUT2D eigenvalue weighted by Gasteiger charge is 2.49. The van der Waals surface area contributed by atoms with Crippen LogP contribution in [0.2, 0.25) is 5.82 Å². The van der Waals surface area contributed by atoms with Crippen molar-refractivity contribution >= 4 is 18.7 Å². The van der Waals surface area contributed by atoms with Crippen molar-refractivity contribution < 1.29 is 24.7 Å². The summed E-state index contributed by atoms with van der Waals surface area (Å²) in [6.07, 6.45) is 1.58. The Kier molecular flexibility index (Phi) is 4.65. The molecule has 116 valence electrons. The smallest absolute Gasteiger partial charge is 0.427 e. The molecule has 0 fully saturated rings. The van der Waals surface area contributed by atoms with E-state index in [1.165, 1.54) is 6.08 Å². The first kappa shape index (κ1) is 16.6. The number of Topliss-reactive ketones (excluding diaryl/α,β-unsaturated/α-hetero) is 2. The fourth-order valence-electron chi connectivity index (χ4n) is 2.85. The van der Waals surface area contributed by atoms with Gasteiger partial charge < -0.3 is 15.2 Å². The lowest BCUT2D eigenvalue weighted by Gasteiger charge is -2.37. The summed E-state index contributed by atoms with van der Waals surface area (Å²) in [6.45, 7) is 3.40. The van der Waals surface area contributed by atoms with Gasteiger partial charge in [-0.15, -0.1) is 0 Å². The van der Waals surface area contributed by atoms with Gasteiger partial charge >= 0.3 is 7.12 Å². The van der Waals surface area contributed by atoms with Crippen LogP contribution >= 0.6 is 0 Å². The average molecular weight is 302 g/mol. The van der Waals surface area contributed by atoms with Crippen molar-refractivity contribution in [3.8, 4) is 0 Å². The van der Waals surface area contributed by atoms with Crippen LogP contribution < -0.4 is 0 Å². The topological polar surface area (TPSA) is 94.8 Å². The molecule has 1 aliphatic rings. The van der Waals surface area contributed by atoms with E-state index >= 15 is 0 Å². The van der Waals surface area contributed by atoms with E-state index in [0.717, 1.165) is 0 Å². The molecule has 1 aliphatic carbocycles. The van der Waals surface area contributed by atoms with Gasteiger partial charge in [-0.05, 0) is 5.41 Å². The second kappa shape index (κ2) is 6.16. The van der Waals surface area contributed by atoms with Crippen molar-refractivity contribution in [2.75, 3.05) is 0 Å². The minimum atomic E-state index is -1.84. The zero-order valence-electron chi connectivity index (χ0n) is 12.5. The number of rotatable bonds is 4. The molecule has 0 amide bonds. The molecule has 2 rings (SSSR count). The highest BCUT2D eigenvalue weighted by atomic mass is 16.4. The summed E-state index contributed by atoms with van der Waals surface area (Å²) in [5, 5.41) is 29.2. The van der Waals surface area contributed by atoms with Crippen LogP contribution in [0.15, 0.2) is 42.5 Å². The Hall–Kier alpha value is -1.76. The van der Waals surface area contributed by atoms with Crippen molar-refractivity contribution in [1.29, 1.82) is 0 Å². The monoisotopic (exact) mass is 302 g/mol. The minimum Gasteiger partial charge on any atom is -0.427 e. The maximum atomic E-state index is 12.5. The number of ketones is 2. The van der Waals surface area contributed by atoms with E-state index in [2.05, 4.69) is 0 Å². The third-order valence-corrected chi connectivity index (χ3v) is 4.13. The zero-order chi connectivity index (χ0) is 16.5. The molecule has 1 aromatic carbocycles. The molecule has 0 aromatic heterocycles. The third-order valence-electron chi connectivity index (χ3n) is 4.13. The molecule has 0 heterocycles. The molecular formula is C16H19BO5. The Bertz CT molecular complexity index is 594. The van der Waals surface area contributed by atoms with Crippen molar-refractivity contribution in [2.24, 2.45) is 11.3 Å². The number of allylic oxidation sites excluding steroid dienone is 1. The van der Waals surface area contributed by atoms with Gasteiger partial charge in [0.25, 0.3) is 0 Å². The standard InChI is InChI=1S/C16H19BO5/c1-16(2)9-8-11(14(20)15(16)17(21)22)13(19)12(18)10-6-4-3-5-7-10/h3-9,11,13,15,19,21-22H,1-2H3. The summed E-state index contributed by atoms with van der Waals surface area (Å²) < 4.78 is 0. The molecular weight excluding hydrogens is 283 g/mol. The van der Waals surface area contributed by atoms with E-state index < -0.39 is 41.9 Å². The van der Waals surface area contributed by atoms with Gasteiger partial charge in [-0.25, -0.2) is 0 Å². The third kappa shape index (κ3) is 3.04. The zero-order valence-corrected chi connectivity index (χ0v) is 12.5. The van der Waals surface area contributed by atoms with Gasteiger partial charge in [0.15, 0.2) is 5.78 Å². The summed E-state index contributed by atoms with van der Waals surface area (Å²) in [5.74, 6) is -3.26. The molecule has 0 bridgehead atoms. The number of hydrogen-bond donors (Lipinski definition) is 3. The van der Waals surface area contributed by atoms with Crippen LogP contribution in [-0.2, 0) is 4.79 Å². The van der Waals surface area contributed by atoms with Gasteiger partial charge in [-0.2, -0.15) is 0 Å². The molecule has 0 saturated heterocycles. The van der Waals surface area contributed by atoms with Crippen LogP contribution in [0, 0.1) is 11.3 Å². The molecule has 0 saturated carbocycles. The van der Waals surface area contributed by atoms with Crippen LogP contribution in [0.4, 0.5) is 0 Å². The Balaban J connectivity index is 2.29. The first-order chi connectivity index (χ1) is 10.3. The summed E-state index contributed by atoms with van der Waals surface area (Å²) in [5.41, 5.74) is -0.445. The Morgan fingerprint density at radius 3 is 2.36 bits per heavy atom. The predicted molar refractivity (Wildman–Crippen MR) is 82.1 cm³/mol. The fourth-order valence-corrected chi connectivity index (χ4v) is 2.85. The van der Waals surface area contributed by atoms with Gasteiger partial charge in [0.1, 0.15) is 11.9 Å². The quantitative estimate of drug-likeness (QED) is 0.435. The molecule has 3 N–H and O–H groups in total. The van der Waals surface area contributed by atoms with E-state index in [9.17, 15) is 24.7 Å². The second-order valence-electron chi connectivity index (χ2n) is 6.18. The Labute approximate surface area is 129 Å². The largest absolute Gasteiger partial charge is 0.463 e. The van der Waals surface area contributed by atoms with Crippen molar-refractivity contribution in [1.82, 2.24) is 0 Å². The number of carbonyl (C=O) groups excluding carboxylic acids is 2. The van der Waals surface area contributed by atoms with Crippen molar-refractivity contribution in [3.63, 3.8) is 0 Å². The van der Waals surface area contributed by atoms with Crippen LogP contribution in [-0.4, -0.2) is 39.9 Å².